The first-order valence-corrected chi connectivity index (χ1v) is 5.52. The molecule has 0 amide bonds. The molecule has 0 aliphatic heterocycles. The highest BCUT2D eigenvalue weighted by molar-refractivity contribution is 8.00. The average molecular weight is 269 g/mol. The minimum absolute atomic E-state index is 0.161. The lowest BCUT2D eigenvalue weighted by Crippen LogP contribution is -2.09. The van der Waals surface area contributed by atoms with Gasteiger partial charge in [0.2, 0.25) is 0 Å². The second-order valence-corrected chi connectivity index (χ2v) is 4.25. The van der Waals surface area contributed by atoms with Crippen LogP contribution in [-0.2, 0) is 4.74 Å². The van der Waals surface area contributed by atoms with Crippen LogP contribution in [0.2, 0.25) is 0 Å². The van der Waals surface area contributed by atoms with Gasteiger partial charge in [-0.1, -0.05) is 0 Å². The molecule has 0 radical (unpaired) electrons. The van der Waals surface area contributed by atoms with Gasteiger partial charge in [0.15, 0.2) is 0 Å². The van der Waals surface area contributed by atoms with E-state index in [4.69, 9.17) is 4.74 Å². The van der Waals surface area contributed by atoms with Crippen LogP contribution in [0.5, 0.6) is 0 Å². The van der Waals surface area contributed by atoms with Gasteiger partial charge < -0.3 is 10.1 Å². The van der Waals surface area contributed by atoms with E-state index >= 15 is 0 Å². The fraction of sp³-hybridized carbons (Fsp3) is 0.400. The van der Waals surface area contributed by atoms with Crippen molar-refractivity contribution in [2.45, 2.75) is 10.4 Å². The zero-order valence-electron chi connectivity index (χ0n) is 8.97. The zero-order chi connectivity index (χ0) is 12.9. The molecule has 2 nitrogen and oxygen atoms in total. The van der Waals surface area contributed by atoms with Crippen molar-refractivity contribution in [1.29, 1.82) is 0 Å². The molecule has 0 bridgehead atoms. The summed E-state index contributed by atoms with van der Waals surface area (Å²) in [7, 11) is 1.50. The van der Waals surface area contributed by atoms with E-state index < -0.39 is 11.3 Å². The molecule has 0 atom stereocenters. The van der Waals surface area contributed by atoms with E-state index in [-0.39, 0.29) is 22.3 Å². The lowest BCUT2D eigenvalue weighted by atomic mass is 10.3. The minimum atomic E-state index is -4.41. The molecular formula is C10H11F4NOS. The second kappa shape index (κ2) is 6.11. The van der Waals surface area contributed by atoms with Crippen LogP contribution in [0.3, 0.4) is 0 Å². The van der Waals surface area contributed by atoms with Crippen molar-refractivity contribution in [3.63, 3.8) is 0 Å². The summed E-state index contributed by atoms with van der Waals surface area (Å²) in [5.41, 5.74) is -4.24. The van der Waals surface area contributed by atoms with Crippen LogP contribution in [-0.4, -0.2) is 25.8 Å². The SMILES string of the molecule is COCCNc1ccc(SC(F)(F)F)cc1F. The smallest absolute Gasteiger partial charge is 0.383 e. The Morgan fingerprint density at radius 1 is 1.35 bits per heavy atom. The molecule has 0 saturated carbocycles. The number of methoxy groups -OCH3 is 1. The lowest BCUT2D eigenvalue weighted by molar-refractivity contribution is -0.0328. The number of alkyl halides is 3. The van der Waals surface area contributed by atoms with Crippen molar-refractivity contribution in [3.05, 3.63) is 24.0 Å². The molecule has 0 fully saturated rings. The van der Waals surface area contributed by atoms with Crippen LogP contribution in [0.1, 0.15) is 0 Å². The number of benzene rings is 1. The Morgan fingerprint density at radius 3 is 2.59 bits per heavy atom. The summed E-state index contributed by atoms with van der Waals surface area (Å²) in [5.74, 6) is -0.713. The molecule has 0 aliphatic carbocycles. The number of halogens is 4. The quantitative estimate of drug-likeness (QED) is 0.502. The Kier molecular flexibility index (Phi) is 5.07. The van der Waals surface area contributed by atoms with E-state index in [0.29, 0.717) is 13.2 Å². The van der Waals surface area contributed by atoms with E-state index in [1.165, 1.54) is 19.2 Å². The van der Waals surface area contributed by atoms with Crippen LogP contribution in [0, 0.1) is 5.82 Å². The Balaban J connectivity index is 2.66. The number of nitrogens with one attached hydrogen (secondary N) is 1. The summed E-state index contributed by atoms with van der Waals surface area (Å²) < 4.78 is 54.2. The molecule has 1 rings (SSSR count). The number of thioether (sulfide) groups is 1. The van der Waals surface area contributed by atoms with Gasteiger partial charge in [-0.15, -0.1) is 0 Å². The van der Waals surface area contributed by atoms with Crippen LogP contribution < -0.4 is 5.32 Å². The summed E-state index contributed by atoms with van der Waals surface area (Å²) in [6.45, 7) is 0.775. The lowest BCUT2D eigenvalue weighted by Gasteiger charge is -2.09. The van der Waals surface area contributed by atoms with Gasteiger partial charge in [-0.3, -0.25) is 0 Å². The van der Waals surface area contributed by atoms with Crippen molar-refractivity contribution in [3.8, 4) is 0 Å². The van der Waals surface area contributed by atoms with Crippen molar-refractivity contribution in [2.75, 3.05) is 25.6 Å². The summed E-state index contributed by atoms with van der Waals surface area (Å²) in [4.78, 5) is -0.174. The second-order valence-electron chi connectivity index (χ2n) is 3.11. The highest BCUT2D eigenvalue weighted by Crippen LogP contribution is 2.37. The Morgan fingerprint density at radius 2 is 2.06 bits per heavy atom. The predicted molar refractivity (Wildman–Crippen MR) is 58.7 cm³/mol. The Bertz CT molecular complexity index is 370. The Hall–Kier alpha value is -0.950. The van der Waals surface area contributed by atoms with Gasteiger partial charge in [-0.05, 0) is 30.0 Å². The molecule has 0 saturated heterocycles. The van der Waals surface area contributed by atoms with Crippen molar-refractivity contribution in [1.82, 2.24) is 0 Å². The fourth-order valence-corrected chi connectivity index (χ4v) is 1.69. The molecule has 96 valence electrons. The van der Waals surface area contributed by atoms with Gasteiger partial charge in [-0.2, -0.15) is 13.2 Å². The predicted octanol–water partition coefficient (Wildman–Crippen LogP) is 3.50. The minimum Gasteiger partial charge on any atom is -0.383 e. The van der Waals surface area contributed by atoms with Gasteiger partial charge in [0.05, 0.1) is 12.3 Å². The largest absolute Gasteiger partial charge is 0.446 e. The maximum absolute atomic E-state index is 13.4. The van der Waals surface area contributed by atoms with Crippen LogP contribution >= 0.6 is 11.8 Å². The van der Waals surface area contributed by atoms with Crippen LogP contribution in [0.15, 0.2) is 23.1 Å². The van der Waals surface area contributed by atoms with E-state index in [9.17, 15) is 17.6 Å². The van der Waals surface area contributed by atoms with Crippen molar-refractivity contribution in [2.24, 2.45) is 0 Å². The van der Waals surface area contributed by atoms with E-state index in [2.05, 4.69) is 5.32 Å². The molecular weight excluding hydrogens is 258 g/mol. The molecule has 7 heteroatoms. The number of hydrogen-bond acceptors (Lipinski definition) is 3. The number of anilines is 1. The average Bonchev–Trinajstić information content (AvgIpc) is 2.19. The first-order chi connectivity index (χ1) is 7.92. The first kappa shape index (κ1) is 14.1. The van der Waals surface area contributed by atoms with Crippen LogP contribution in [0.4, 0.5) is 23.2 Å². The highest BCUT2D eigenvalue weighted by atomic mass is 32.2. The molecule has 1 aromatic carbocycles. The van der Waals surface area contributed by atoms with E-state index in [1.54, 1.807) is 0 Å². The summed E-state index contributed by atoms with van der Waals surface area (Å²) >= 11 is -0.341. The Labute approximate surface area is 100 Å². The molecule has 0 heterocycles. The van der Waals surface area contributed by atoms with Crippen molar-refractivity contribution >= 4 is 17.4 Å². The molecule has 0 aromatic heterocycles. The maximum atomic E-state index is 13.4. The highest BCUT2D eigenvalue weighted by Gasteiger charge is 2.29. The van der Waals surface area contributed by atoms with Gasteiger partial charge in [-0.25, -0.2) is 4.39 Å². The van der Waals surface area contributed by atoms with E-state index in [0.717, 1.165) is 6.07 Å². The molecule has 17 heavy (non-hydrogen) atoms. The standard InChI is InChI=1S/C10H11F4NOS/c1-16-5-4-15-9-3-2-7(6-8(9)11)17-10(12,13)14/h2-3,6,15H,4-5H2,1H3. The third-order valence-electron chi connectivity index (χ3n) is 1.80. The zero-order valence-corrected chi connectivity index (χ0v) is 9.79. The van der Waals surface area contributed by atoms with Gasteiger partial charge in [0, 0.05) is 18.6 Å². The molecule has 0 unspecified atom stereocenters. The summed E-state index contributed by atoms with van der Waals surface area (Å²) in [5, 5.41) is 2.71. The number of hydrogen-bond donors (Lipinski definition) is 1. The maximum Gasteiger partial charge on any atom is 0.446 e. The third kappa shape index (κ3) is 5.27. The van der Waals surface area contributed by atoms with Gasteiger partial charge >= 0.3 is 5.51 Å². The van der Waals surface area contributed by atoms with Crippen LogP contribution in [0.25, 0.3) is 0 Å². The third-order valence-corrected chi connectivity index (χ3v) is 2.52. The number of rotatable bonds is 5. The monoisotopic (exact) mass is 269 g/mol. The topological polar surface area (TPSA) is 21.3 Å². The van der Waals surface area contributed by atoms with Crippen molar-refractivity contribution < 1.29 is 22.3 Å². The summed E-state index contributed by atoms with van der Waals surface area (Å²) in [6.07, 6.45) is 0. The normalized spacial score (nSPS) is 11.6. The fourth-order valence-electron chi connectivity index (χ4n) is 1.12. The number of ether oxygens (including phenoxy) is 1. The molecule has 0 spiro atoms. The molecule has 1 aromatic rings. The molecule has 0 aliphatic rings. The first-order valence-electron chi connectivity index (χ1n) is 4.70. The van der Waals surface area contributed by atoms with Gasteiger partial charge in [0.1, 0.15) is 5.82 Å². The van der Waals surface area contributed by atoms with Gasteiger partial charge in [0.25, 0.3) is 0 Å². The summed E-state index contributed by atoms with van der Waals surface area (Å²) in [6, 6.07) is 3.35. The van der Waals surface area contributed by atoms with E-state index in [1.807, 2.05) is 0 Å². The molecule has 1 N–H and O–H groups in total.